The molecule has 0 aromatic carbocycles. The van der Waals surface area contributed by atoms with Gasteiger partial charge < -0.3 is 10.6 Å². The summed E-state index contributed by atoms with van der Waals surface area (Å²) < 4.78 is 38.8. The van der Waals surface area contributed by atoms with Gasteiger partial charge in [-0.2, -0.15) is 13.2 Å². The molecule has 0 bridgehead atoms. The first-order chi connectivity index (χ1) is 9.47. The molecule has 1 saturated carbocycles. The number of carbonyl (C=O) groups is 1. The Balaban J connectivity index is 1.84. The summed E-state index contributed by atoms with van der Waals surface area (Å²) in [5, 5.41) is 5.78. The first-order valence-electron chi connectivity index (χ1n) is 7.26. The van der Waals surface area contributed by atoms with Crippen molar-refractivity contribution in [2.75, 3.05) is 32.7 Å². The van der Waals surface area contributed by atoms with Crippen molar-refractivity contribution in [2.24, 2.45) is 5.92 Å². The minimum atomic E-state index is -4.21. The van der Waals surface area contributed by atoms with Gasteiger partial charge in [-0.15, -0.1) is 0 Å². The van der Waals surface area contributed by atoms with Crippen molar-refractivity contribution in [3.8, 4) is 0 Å². The fourth-order valence-corrected chi connectivity index (χ4v) is 3.02. The molecule has 2 fully saturated rings. The van der Waals surface area contributed by atoms with Crippen LogP contribution in [0, 0.1) is 5.92 Å². The normalized spacial score (nSPS) is 29.1. The maximum atomic E-state index is 12.9. The molecule has 2 aliphatic rings. The number of halogens is 3. The van der Waals surface area contributed by atoms with E-state index in [1.165, 1.54) is 0 Å². The van der Waals surface area contributed by atoms with E-state index >= 15 is 0 Å². The van der Waals surface area contributed by atoms with E-state index in [0.717, 1.165) is 32.6 Å². The molecule has 0 aromatic rings. The van der Waals surface area contributed by atoms with Gasteiger partial charge in [0, 0.05) is 32.2 Å². The van der Waals surface area contributed by atoms with Gasteiger partial charge in [-0.1, -0.05) is 12.8 Å². The van der Waals surface area contributed by atoms with Crippen LogP contribution in [0.2, 0.25) is 0 Å². The molecule has 2 unspecified atom stereocenters. The maximum Gasteiger partial charge on any atom is 0.393 e. The van der Waals surface area contributed by atoms with E-state index in [2.05, 4.69) is 10.6 Å². The van der Waals surface area contributed by atoms with Gasteiger partial charge in [0.1, 0.15) is 0 Å². The number of nitrogens with zero attached hydrogens (tertiary/aromatic N) is 1. The van der Waals surface area contributed by atoms with Crippen LogP contribution in [0.1, 0.15) is 25.7 Å². The van der Waals surface area contributed by atoms with E-state index in [9.17, 15) is 18.0 Å². The number of alkyl halides is 3. The van der Waals surface area contributed by atoms with Crippen LogP contribution in [0.4, 0.5) is 13.2 Å². The summed E-state index contributed by atoms with van der Waals surface area (Å²) in [6.45, 7) is 3.37. The lowest BCUT2D eigenvalue weighted by molar-refractivity contribution is -0.189. The molecule has 2 rings (SSSR count). The Morgan fingerprint density at radius 3 is 2.50 bits per heavy atom. The van der Waals surface area contributed by atoms with Crippen molar-refractivity contribution in [3.05, 3.63) is 0 Å². The predicted octanol–water partition coefficient (Wildman–Crippen LogP) is 1.13. The summed E-state index contributed by atoms with van der Waals surface area (Å²) in [7, 11) is 0. The maximum absolute atomic E-state index is 12.9. The molecule has 20 heavy (non-hydrogen) atoms. The summed E-state index contributed by atoms with van der Waals surface area (Å²) in [4.78, 5) is 13.9. The predicted molar refractivity (Wildman–Crippen MR) is 69.3 cm³/mol. The van der Waals surface area contributed by atoms with Crippen molar-refractivity contribution in [1.29, 1.82) is 0 Å². The number of amides is 1. The third kappa shape index (κ3) is 4.34. The van der Waals surface area contributed by atoms with Gasteiger partial charge in [0.15, 0.2) is 0 Å². The molecule has 7 heteroatoms. The molecule has 0 spiro atoms. The lowest BCUT2D eigenvalue weighted by Crippen LogP contribution is -2.52. The molecule has 0 radical (unpaired) electrons. The number of carbonyl (C=O) groups excluding carboxylic acids is 1. The van der Waals surface area contributed by atoms with Crippen molar-refractivity contribution < 1.29 is 18.0 Å². The summed E-state index contributed by atoms with van der Waals surface area (Å²) in [5.41, 5.74) is 0. The van der Waals surface area contributed by atoms with E-state index < -0.39 is 18.1 Å². The van der Waals surface area contributed by atoms with Gasteiger partial charge in [-0.3, -0.25) is 9.69 Å². The number of hydrogen-bond acceptors (Lipinski definition) is 3. The summed E-state index contributed by atoms with van der Waals surface area (Å²) in [5.74, 6) is -1.67. The quantitative estimate of drug-likeness (QED) is 0.820. The fourth-order valence-electron chi connectivity index (χ4n) is 3.02. The molecule has 1 heterocycles. The number of rotatable bonds is 3. The second-order valence-corrected chi connectivity index (χ2v) is 5.63. The summed E-state index contributed by atoms with van der Waals surface area (Å²) in [6.07, 6.45) is -2.31. The van der Waals surface area contributed by atoms with E-state index in [4.69, 9.17) is 0 Å². The monoisotopic (exact) mass is 293 g/mol. The van der Waals surface area contributed by atoms with Crippen LogP contribution in [0.25, 0.3) is 0 Å². The second-order valence-electron chi connectivity index (χ2n) is 5.63. The largest absolute Gasteiger partial charge is 0.393 e. The molecule has 116 valence electrons. The van der Waals surface area contributed by atoms with E-state index in [-0.39, 0.29) is 18.9 Å². The Bertz CT molecular complexity index is 329. The zero-order valence-corrected chi connectivity index (χ0v) is 11.5. The van der Waals surface area contributed by atoms with Gasteiger partial charge >= 0.3 is 6.18 Å². The van der Waals surface area contributed by atoms with Gasteiger partial charge in [-0.25, -0.2) is 0 Å². The Morgan fingerprint density at radius 2 is 1.85 bits per heavy atom. The average molecular weight is 293 g/mol. The first kappa shape index (κ1) is 15.6. The highest BCUT2D eigenvalue weighted by Gasteiger charge is 2.45. The Morgan fingerprint density at radius 1 is 1.20 bits per heavy atom. The highest BCUT2D eigenvalue weighted by Crippen LogP contribution is 2.37. The number of hydrogen-bond donors (Lipinski definition) is 2. The van der Waals surface area contributed by atoms with Crippen molar-refractivity contribution in [2.45, 2.75) is 37.9 Å². The van der Waals surface area contributed by atoms with Crippen LogP contribution in [-0.2, 0) is 4.79 Å². The Labute approximate surface area is 117 Å². The second kappa shape index (κ2) is 6.76. The molecule has 1 aliphatic heterocycles. The Hall–Kier alpha value is -0.820. The molecule has 2 atom stereocenters. The van der Waals surface area contributed by atoms with E-state index in [0.29, 0.717) is 12.8 Å². The van der Waals surface area contributed by atoms with Crippen LogP contribution in [0.15, 0.2) is 0 Å². The Kier molecular flexibility index (Phi) is 5.26. The van der Waals surface area contributed by atoms with Crippen LogP contribution in [0.3, 0.4) is 0 Å². The standard InChI is InChI=1S/C13H22F3N3O/c14-13(15,16)10-3-1-2-4-11(10)18-12(20)9-19-7-5-17-6-8-19/h10-11,17H,1-9H2,(H,18,20). The number of piperazine rings is 1. The molecule has 0 aromatic heterocycles. The fraction of sp³-hybridized carbons (Fsp3) is 0.923. The van der Waals surface area contributed by atoms with E-state index in [1.54, 1.807) is 0 Å². The molecule has 1 aliphatic carbocycles. The highest BCUT2D eigenvalue weighted by atomic mass is 19.4. The van der Waals surface area contributed by atoms with Gasteiger partial charge in [0.25, 0.3) is 0 Å². The van der Waals surface area contributed by atoms with E-state index in [1.807, 2.05) is 4.90 Å². The SMILES string of the molecule is O=C(CN1CCNCC1)NC1CCCCC1C(F)(F)F. The lowest BCUT2D eigenvalue weighted by atomic mass is 9.84. The zero-order chi connectivity index (χ0) is 14.6. The minimum Gasteiger partial charge on any atom is -0.352 e. The van der Waals surface area contributed by atoms with Crippen LogP contribution < -0.4 is 10.6 Å². The van der Waals surface area contributed by atoms with Crippen molar-refractivity contribution in [3.63, 3.8) is 0 Å². The average Bonchev–Trinajstić information content (AvgIpc) is 2.39. The molecular weight excluding hydrogens is 271 g/mol. The van der Waals surface area contributed by atoms with Crippen molar-refractivity contribution in [1.82, 2.24) is 15.5 Å². The topological polar surface area (TPSA) is 44.4 Å². The number of nitrogens with one attached hydrogen (secondary N) is 2. The molecular formula is C13H22F3N3O. The van der Waals surface area contributed by atoms with Crippen LogP contribution >= 0.6 is 0 Å². The first-order valence-corrected chi connectivity index (χ1v) is 7.26. The summed E-state index contributed by atoms with van der Waals surface area (Å²) >= 11 is 0. The summed E-state index contributed by atoms with van der Waals surface area (Å²) in [6, 6.07) is -0.751. The molecule has 1 saturated heterocycles. The smallest absolute Gasteiger partial charge is 0.352 e. The van der Waals surface area contributed by atoms with Gasteiger partial charge in [0.05, 0.1) is 12.5 Å². The van der Waals surface area contributed by atoms with Gasteiger partial charge in [0.2, 0.25) is 5.91 Å². The van der Waals surface area contributed by atoms with Gasteiger partial charge in [-0.05, 0) is 12.8 Å². The lowest BCUT2D eigenvalue weighted by Gasteiger charge is -2.34. The highest BCUT2D eigenvalue weighted by molar-refractivity contribution is 5.78. The van der Waals surface area contributed by atoms with Crippen LogP contribution in [-0.4, -0.2) is 55.7 Å². The molecule has 1 amide bonds. The van der Waals surface area contributed by atoms with Crippen molar-refractivity contribution >= 4 is 5.91 Å². The molecule has 2 N–H and O–H groups in total. The third-order valence-corrected chi connectivity index (χ3v) is 4.11. The zero-order valence-electron chi connectivity index (χ0n) is 11.5. The van der Waals surface area contributed by atoms with Crippen LogP contribution in [0.5, 0.6) is 0 Å². The molecule has 4 nitrogen and oxygen atoms in total. The minimum absolute atomic E-state index is 0.127. The third-order valence-electron chi connectivity index (χ3n) is 4.11.